The number of unbranched alkanes of at least 4 members (excludes halogenated alkanes) is 1. The van der Waals surface area contributed by atoms with Crippen molar-refractivity contribution in [2.45, 2.75) is 38.7 Å². The fourth-order valence-electron chi connectivity index (χ4n) is 0.965. The molecule has 2 N–H and O–H groups in total. The molecule has 1 unspecified atom stereocenters. The topological polar surface area (TPSA) is 49.7 Å². The first-order valence-electron chi connectivity index (χ1n) is 4.16. The Labute approximate surface area is 75.1 Å². The minimum atomic E-state index is -2.22. The van der Waals surface area contributed by atoms with Crippen LogP contribution in [0.3, 0.4) is 0 Å². The summed E-state index contributed by atoms with van der Waals surface area (Å²) in [6.07, 6.45) is 5.33. The Kier molecular flexibility index (Phi) is 7.72. The molecule has 0 aromatic carbocycles. The van der Waals surface area contributed by atoms with Gasteiger partial charge in [-0.05, 0) is 12.8 Å². The van der Waals surface area contributed by atoms with Crippen LogP contribution in [0.4, 0.5) is 0 Å². The van der Waals surface area contributed by atoms with Crippen LogP contribution in [-0.2, 0) is 4.52 Å². The fourth-order valence-corrected chi connectivity index (χ4v) is 1.42. The molecule has 0 aliphatic heterocycles. The number of hydrogen-bond donors (Lipinski definition) is 2. The maximum absolute atomic E-state index is 8.61. The molecule has 0 aliphatic rings. The monoisotopic (exact) mass is 192 g/mol. The standard InChI is InChI=1S/C8H17O3P/c1-3-5-7-8(6-4-2)11-12(9)10/h4,8-10H,2-3,5-7H2,1H3. The summed E-state index contributed by atoms with van der Waals surface area (Å²) < 4.78 is 4.90. The molecule has 0 heterocycles. The van der Waals surface area contributed by atoms with Crippen molar-refractivity contribution >= 4 is 8.60 Å². The first-order chi connectivity index (χ1) is 5.70. The van der Waals surface area contributed by atoms with E-state index in [9.17, 15) is 0 Å². The lowest BCUT2D eigenvalue weighted by atomic mass is 10.1. The first-order valence-corrected chi connectivity index (χ1v) is 5.32. The van der Waals surface area contributed by atoms with Crippen LogP contribution in [0.25, 0.3) is 0 Å². The third kappa shape index (κ3) is 6.74. The molecule has 0 aromatic rings. The molecule has 0 rings (SSSR count). The van der Waals surface area contributed by atoms with E-state index in [-0.39, 0.29) is 6.10 Å². The van der Waals surface area contributed by atoms with E-state index in [2.05, 4.69) is 13.5 Å². The average Bonchev–Trinajstić information content (AvgIpc) is 2.00. The van der Waals surface area contributed by atoms with Gasteiger partial charge < -0.3 is 14.3 Å². The van der Waals surface area contributed by atoms with Gasteiger partial charge in [-0.3, -0.25) is 0 Å². The quantitative estimate of drug-likeness (QED) is 0.481. The third-order valence-corrected chi connectivity index (χ3v) is 2.04. The molecule has 12 heavy (non-hydrogen) atoms. The van der Waals surface area contributed by atoms with E-state index in [0.29, 0.717) is 6.42 Å². The lowest BCUT2D eigenvalue weighted by Crippen LogP contribution is -2.08. The zero-order valence-corrected chi connectivity index (χ0v) is 8.33. The van der Waals surface area contributed by atoms with Crippen molar-refractivity contribution in [3.05, 3.63) is 12.7 Å². The smallest absolute Gasteiger partial charge is 0.327 e. The minimum absolute atomic E-state index is 0.0800. The number of rotatable bonds is 7. The van der Waals surface area contributed by atoms with Crippen molar-refractivity contribution in [3.8, 4) is 0 Å². The lowest BCUT2D eigenvalue weighted by Gasteiger charge is -2.15. The van der Waals surface area contributed by atoms with Gasteiger partial charge in [0.05, 0.1) is 6.10 Å². The van der Waals surface area contributed by atoms with Crippen LogP contribution in [0.2, 0.25) is 0 Å². The van der Waals surface area contributed by atoms with Crippen molar-refractivity contribution in [2.75, 3.05) is 0 Å². The second-order valence-corrected chi connectivity index (χ2v) is 3.36. The molecule has 0 saturated carbocycles. The van der Waals surface area contributed by atoms with Gasteiger partial charge in [0.2, 0.25) is 0 Å². The molecule has 0 saturated heterocycles. The highest BCUT2D eigenvalue weighted by Crippen LogP contribution is 2.29. The van der Waals surface area contributed by atoms with Gasteiger partial charge in [0.15, 0.2) is 0 Å². The normalized spacial score (nSPS) is 13.3. The molecule has 3 nitrogen and oxygen atoms in total. The maximum atomic E-state index is 8.61. The molecule has 0 spiro atoms. The van der Waals surface area contributed by atoms with Gasteiger partial charge in [0.25, 0.3) is 0 Å². The summed E-state index contributed by atoms with van der Waals surface area (Å²) in [5.74, 6) is 0. The molecule has 0 fully saturated rings. The molecule has 0 aliphatic carbocycles. The Hall–Kier alpha value is 0.0500. The molecular formula is C8H17O3P. The largest absolute Gasteiger partial charge is 0.328 e. The van der Waals surface area contributed by atoms with E-state index < -0.39 is 8.60 Å². The fraction of sp³-hybridized carbons (Fsp3) is 0.750. The van der Waals surface area contributed by atoms with Crippen LogP contribution < -0.4 is 0 Å². The number of hydrogen-bond acceptors (Lipinski definition) is 3. The van der Waals surface area contributed by atoms with Crippen LogP contribution in [0.5, 0.6) is 0 Å². The summed E-state index contributed by atoms with van der Waals surface area (Å²) in [7, 11) is -2.22. The molecule has 72 valence electrons. The van der Waals surface area contributed by atoms with Gasteiger partial charge in [-0.15, -0.1) is 6.58 Å². The van der Waals surface area contributed by atoms with Crippen LogP contribution in [0, 0.1) is 0 Å². The van der Waals surface area contributed by atoms with E-state index in [4.69, 9.17) is 14.3 Å². The van der Waals surface area contributed by atoms with Crippen LogP contribution in [0.1, 0.15) is 32.6 Å². The van der Waals surface area contributed by atoms with E-state index in [0.717, 1.165) is 19.3 Å². The highest BCUT2D eigenvalue weighted by molar-refractivity contribution is 7.39. The highest BCUT2D eigenvalue weighted by atomic mass is 31.2. The van der Waals surface area contributed by atoms with Crippen LogP contribution in [0.15, 0.2) is 12.7 Å². The van der Waals surface area contributed by atoms with Gasteiger partial charge in [0.1, 0.15) is 0 Å². The lowest BCUT2D eigenvalue weighted by molar-refractivity contribution is 0.162. The van der Waals surface area contributed by atoms with Gasteiger partial charge >= 0.3 is 8.60 Å². The maximum Gasteiger partial charge on any atom is 0.327 e. The van der Waals surface area contributed by atoms with Crippen LogP contribution >= 0.6 is 8.60 Å². The van der Waals surface area contributed by atoms with Crippen molar-refractivity contribution in [1.82, 2.24) is 0 Å². The van der Waals surface area contributed by atoms with Crippen molar-refractivity contribution < 1.29 is 14.3 Å². The first kappa shape index (κ1) is 12.0. The Morgan fingerprint density at radius 2 is 2.25 bits per heavy atom. The Morgan fingerprint density at radius 3 is 2.67 bits per heavy atom. The Bertz CT molecular complexity index is 117. The molecule has 0 aromatic heterocycles. The molecule has 4 heteroatoms. The summed E-state index contributed by atoms with van der Waals surface area (Å²) in [5, 5.41) is 0. The molecule has 0 radical (unpaired) electrons. The SMILES string of the molecule is C=CCC(CCCC)OP(O)O. The van der Waals surface area contributed by atoms with E-state index in [1.165, 1.54) is 0 Å². The van der Waals surface area contributed by atoms with E-state index in [1.807, 2.05) is 0 Å². The van der Waals surface area contributed by atoms with Crippen molar-refractivity contribution in [1.29, 1.82) is 0 Å². The third-order valence-electron chi connectivity index (χ3n) is 1.55. The van der Waals surface area contributed by atoms with E-state index in [1.54, 1.807) is 6.08 Å². The average molecular weight is 192 g/mol. The van der Waals surface area contributed by atoms with E-state index >= 15 is 0 Å². The van der Waals surface area contributed by atoms with Gasteiger partial charge in [-0.1, -0.05) is 25.8 Å². The highest BCUT2D eigenvalue weighted by Gasteiger charge is 2.11. The second-order valence-electron chi connectivity index (χ2n) is 2.65. The summed E-state index contributed by atoms with van der Waals surface area (Å²) in [6, 6.07) is 0. The molecule has 0 bridgehead atoms. The Morgan fingerprint density at radius 1 is 1.58 bits per heavy atom. The molecule has 1 atom stereocenters. The molecular weight excluding hydrogens is 175 g/mol. The minimum Gasteiger partial charge on any atom is -0.328 e. The second kappa shape index (κ2) is 7.69. The van der Waals surface area contributed by atoms with Crippen LogP contribution in [-0.4, -0.2) is 15.9 Å². The summed E-state index contributed by atoms with van der Waals surface area (Å²) in [6.45, 7) is 5.67. The van der Waals surface area contributed by atoms with Gasteiger partial charge in [-0.2, -0.15) is 0 Å². The predicted molar refractivity (Wildman–Crippen MR) is 50.6 cm³/mol. The zero-order chi connectivity index (χ0) is 9.40. The summed E-state index contributed by atoms with van der Waals surface area (Å²) in [5.41, 5.74) is 0. The van der Waals surface area contributed by atoms with Crippen molar-refractivity contribution in [3.63, 3.8) is 0 Å². The Balaban J connectivity index is 3.61. The van der Waals surface area contributed by atoms with Gasteiger partial charge in [0, 0.05) is 0 Å². The van der Waals surface area contributed by atoms with Gasteiger partial charge in [-0.25, -0.2) is 0 Å². The summed E-state index contributed by atoms with van der Waals surface area (Å²) in [4.78, 5) is 17.2. The predicted octanol–water partition coefficient (Wildman–Crippen LogP) is 2.35. The van der Waals surface area contributed by atoms with Crippen molar-refractivity contribution in [2.24, 2.45) is 0 Å². The molecule has 0 amide bonds. The summed E-state index contributed by atoms with van der Waals surface area (Å²) >= 11 is 0. The zero-order valence-electron chi connectivity index (χ0n) is 7.44.